The normalized spacial score (nSPS) is 10.6. The highest BCUT2D eigenvalue weighted by molar-refractivity contribution is 9.10. The fraction of sp³-hybridized carbons (Fsp3) is 0.357. The third kappa shape index (κ3) is 3.45. The van der Waals surface area contributed by atoms with Crippen LogP contribution in [0.3, 0.4) is 0 Å². The molecule has 0 spiro atoms. The lowest BCUT2D eigenvalue weighted by Gasteiger charge is -2.20. The lowest BCUT2D eigenvalue weighted by atomic mass is 10.2. The van der Waals surface area contributed by atoms with E-state index in [1.54, 1.807) is 12.4 Å². The summed E-state index contributed by atoms with van der Waals surface area (Å²) >= 11 is 3.39. The van der Waals surface area contributed by atoms with E-state index in [1.165, 1.54) is 7.11 Å². The lowest BCUT2D eigenvalue weighted by Crippen LogP contribution is -2.20. The first-order chi connectivity index (χ1) is 9.61. The van der Waals surface area contributed by atoms with Gasteiger partial charge in [-0.25, -0.2) is 0 Å². The van der Waals surface area contributed by atoms with Crippen LogP contribution in [0.15, 0.2) is 29.0 Å². The van der Waals surface area contributed by atoms with Gasteiger partial charge in [0.25, 0.3) is 0 Å². The molecule has 0 saturated carbocycles. The molecule has 0 bridgehead atoms. The Kier molecular flexibility index (Phi) is 4.89. The van der Waals surface area contributed by atoms with Crippen molar-refractivity contribution in [3.05, 3.63) is 29.0 Å². The SMILES string of the molecule is COC(=O)CCCN(C)c1ccnc2cc(Br)cnc12. The first kappa shape index (κ1) is 14.7. The smallest absolute Gasteiger partial charge is 0.305 e. The molecule has 106 valence electrons. The topological polar surface area (TPSA) is 55.3 Å². The number of hydrogen-bond donors (Lipinski definition) is 0. The molecule has 0 aliphatic rings. The van der Waals surface area contributed by atoms with E-state index in [2.05, 4.69) is 35.5 Å². The number of rotatable bonds is 5. The molecule has 2 heterocycles. The molecule has 0 aromatic carbocycles. The second-order valence-corrected chi connectivity index (χ2v) is 5.37. The van der Waals surface area contributed by atoms with E-state index in [9.17, 15) is 4.79 Å². The van der Waals surface area contributed by atoms with Crippen LogP contribution in [0, 0.1) is 0 Å². The number of hydrogen-bond acceptors (Lipinski definition) is 5. The van der Waals surface area contributed by atoms with Gasteiger partial charge in [0, 0.05) is 36.9 Å². The molecule has 0 N–H and O–H groups in total. The molecule has 6 heteroatoms. The number of carbonyl (C=O) groups is 1. The second kappa shape index (κ2) is 6.65. The summed E-state index contributed by atoms with van der Waals surface area (Å²) in [5.41, 5.74) is 2.71. The summed E-state index contributed by atoms with van der Waals surface area (Å²) in [6.45, 7) is 0.756. The minimum atomic E-state index is -0.181. The molecule has 0 amide bonds. The number of methoxy groups -OCH3 is 1. The Labute approximate surface area is 126 Å². The van der Waals surface area contributed by atoms with E-state index in [-0.39, 0.29) is 5.97 Å². The van der Waals surface area contributed by atoms with Crippen LogP contribution >= 0.6 is 15.9 Å². The average molecular weight is 338 g/mol. The fourth-order valence-corrected chi connectivity index (χ4v) is 2.30. The van der Waals surface area contributed by atoms with Crippen molar-refractivity contribution in [1.82, 2.24) is 9.97 Å². The number of aromatic nitrogens is 2. The molecule has 0 radical (unpaired) electrons. The van der Waals surface area contributed by atoms with Crippen molar-refractivity contribution in [1.29, 1.82) is 0 Å². The Hall–Kier alpha value is -1.69. The van der Waals surface area contributed by atoms with Crippen molar-refractivity contribution in [2.45, 2.75) is 12.8 Å². The van der Waals surface area contributed by atoms with Gasteiger partial charge < -0.3 is 9.64 Å². The van der Waals surface area contributed by atoms with Crippen LogP contribution in [0.25, 0.3) is 11.0 Å². The molecule has 2 aromatic rings. The Morgan fingerprint density at radius 3 is 3.00 bits per heavy atom. The van der Waals surface area contributed by atoms with Gasteiger partial charge in [0.15, 0.2) is 0 Å². The summed E-state index contributed by atoms with van der Waals surface area (Å²) < 4.78 is 5.54. The van der Waals surface area contributed by atoms with E-state index in [0.717, 1.165) is 34.2 Å². The zero-order valence-electron chi connectivity index (χ0n) is 11.5. The van der Waals surface area contributed by atoms with E-state index in [1.807, 2.05) is 19.2 Å². The summed E-state index contributed by atoms with van der Waals surface area (Å²) in [5, 5.41) is 0. The van der Waals surface area contributed by atoms with Gasteiger partial charge >= 0.3 is 5.97 Å². The number of nitrogens with zero attached hydrogens (tertiary/aromatic N) is 3. The number of pyridine rings is 2. The molecule has 5 nitrogen and oxygen atoms in total. The van der Waals surface area contributed by atoms with E-state index >= 15 is 0 Å². The highest BCUT2D eigenvalue weighted by Crippen LogP contribution is 2.24. The quantitative estimate of drug-likeness (QED) is 0.785. The summed E-state index contributed by atoms with van der Waals surface area (Å²) in [6, 6.07) is 3.87. The highest BCUT2D eigenvalue weighted by atomic mass is 79.9. The zero-order chi connectivity index (χ0) is 14.5. The molecule has 0 aliphatic carbocycles. The van der Waals surface area contributed by atoms with Gasteiger partial charge in [0.1, 0.15) is 5.52 Å². The Balaban J connectivity index is 2.13. The molecule has 0 unspecified atom stereocenters. The van der Waals surface area contributed by atoms with Crippen molar-refractivity contribution < 1.29 is 9.53 Å². The maximum Gasteiger partial charge on any atom is 0.305 e. The van der Waals surface area contributed by atoms with Crippen LogP contribution in [-0.4, -0.2) is 36.6 Å². The minimum absolute atomic E-state index is 0.181. The van der Waals surface area contributed by atoms with Gasteiger partial charge in [-0.1, -0.05) is 0 Å². The van der Waals surface area contributed by atoms with Gasteiger partial charge in [-0.3, -0.25) is 14.8 Å². The van der Waals surface area contributed by atoms with Crippen LogP contribution in [0.2, 0.25) is 0 Å². The van der Waals surface area contributed by atoms with E-state index in [0.29, 0.717) is 6.42 Å². The standard InChI is InChI=1S/C14H16BrN3O2/c1-18(7-3-4-13(19)20-2)12-5-6-16-11-8-10(15)9-17-14(11)12/h5-6,8-9H,3-4,7H2,1-2H3. The van der Waals surface area contributed by atoms with Crippen molar-refractivity contribution in [3.63, 3.8) is 0 Å². The summed E-state index contributed by atoms with van der Waals surface area (Å²) in [6.07, 6.45) is 4.69. The molecule has 2 aromatic heterocycles. The molecule has 0 atom stereocenters. The maximum absolute atomic E-state index is 11.1. The largest absolute Gasteiger partial charge is 0.469 e. The highest BCUT2D eigenvalue weighted by Gasteiger charge is 2.09. The van der Waals surface area contributed by atoms with E-state index in [4.69, 9.17) is 0 Å². The number of ether oxygens (including phenoxy) is 1. The van der Waals surface area contributed by atoms with E-state index < -0.39 is 0 Å². The summed E-state index contributed by atoms with van der Waals surface area (Å²) in [4.78, 5) is 21.9. The summed E-state index contributed by atoms with van der Waals surface area (Å²) in [5.74, 6) is -0.181. The van der Waals surface area contributed by atoms with Gasteiger partial charge in [0.2, 0.25) is 0 Å². The minimum Gasteiger partial charge on any atom is -0.469 e. The third-order valence-electron chi connectivity index (χ3n) is 3.04. The number of anilines is 1. The van der Waals surface area contributed by atoms with Crippen LogP contribution in [0.1, 0.15) is 12.8 Å². The van der Waals surface area contributed by atoms with Crippen LogP contribution in [0.4, 0.5) is 5.69 Å². The van der Waals surface area contributed by atoms with Crippen molar-refractivity contribution in [2.75, 3.05) is 25.6 Å². The first-order valence-corrected chi connectivity index (χ1v) is 7.09. The molecule has 0 fully saturated rings. The fourth-order valence-electron chi connectivity index (χ4n) is 1.98. The number of fused-ring (bicyclic) bond motifs is 1. The Bertz CT molecular complexity index is 618. The number of halogens is 1. The average Bonchev–Trinajstić information content (AvgIpc) is 2.45. The van der Waals surface area contributed by atoms with Crippen molar-refractivity contribution in [3.8, 4) is 0 Å². The first-order valence-electron chi connectivity index (χ1n) is 6.30. The predicted molar refractivity (Wildman–Crippen MR) is 81.8 cm³/mol. The Morgan fingerprint density at radius 2 is 2.25 bits per heavy atom. The molecule has 20 heavy (non-hydrogen) atoms. The van der Waals surface area contributed by atoms with Gasteiger partial charge in [-0.05, 0) is 34.5 Å². The lowest BCUT2D eigenvalue weighted by molar-refractivity contribution is -0.140. The van der Waals surface area contributed by atoms with Gasteiger partial charge in [0.05, 0.1) is 18.3 Å². The number of carbonyl (C=O) groups excluding carboxylic acids is 1. The zero-order valence-corrected chi connectivity index (χ0v) is 13.1. The van der Waals surface area contributed by atoms with Crippen molar-refractivity contribution >= 4 is 38.6 Å². The molecule has 2 rings (SSSR count). The van der Waals surface area contributed by atoms with Gasteiger partial charge in [-0.15, -0.1) is 0 Å². The van der Waals surface area contributed by atoms with Crippen molar-refractivity contribution in [2.24, 2.45) is 0 Å². The monoisotopic (exact) mass is 337 g/mol. The molecule has 0 saturated heterocycles. The maximum atomic E-state index is 11.1. The van der Waals surface area contributed by atoms with Crippen LogP contribution in [-0.2, 0) is 9.53 Å². The predicted octanol–water partition coefficient (Wildman–Crippen LogP) is 2.78. The third-order valence-corrected chi connectivity index (χ3v) is 3.47. The second-order valence-electron chi connectivity index (χ2n) is 4.45. The molecule has 0 aliphatic heterocycles. The molecular weight excluding hydrogens is 322 g/mol. The van der Waals surface area contributed by atoms with Crippen LogP contribution in [0.5, 0.6) is 0 Å². The molecular formula is C14H16BrN3O2. The van der Waals surface area contributed by atoms with Gasteiger partial charge in [-0.2, -0.15) is 0 Å². The summed E-state index contributed by atoms with van der Waals surface area (Å²) in [7, 11) is 3.39. The number of esters is 1. The van der Waals surface area contributed by atoms with Crippen LogP contribution < -0.4 is 4.90 Å². The Morgan fingerprint density at radius 1 is 1.45 bits per heavy atom.